The van der Waals surface area contributed by atoms with Gasteiger partial charge in [-0.2, -0.15) is 0 Å². The average molecular weight is 282 g/mol. The van der Waals surface area contributed by atoms with Gasteiger partial charge in [0.2, 0.25) is 5.91 Å². The van der Waals surface area contributed by atoms with E-state index in [1.807, 2.05) is 0 Å². The molecule has 1 amide bonds. The summed E-state index contributed by atoms with van der Waals surface area (Å²) in [6.45, 7) is 0. The van der Waals surface area contributed by atoms with Crippen LogP contribution in [-0.2, 0) is 9.59 Å². The number of aliphatic carboxylic acids is 1. The van der Waals surface area contributed by atoms with Crippen molar-refractivity contribution in [3.05, 3.63) is 30.1 Å². The van der Waals surface area contributed by atoms with Crippen molar-refractivity contribution < 1.29 is 19.1 Å². The molecule has 1 aromatic rings. The van der Waals surface area contributed by atoms with Gasteiger partial charge in [-0.25, -0.2) is 9.38 Å². The molecule has 7 heteroatoms. The Kier molecular flexibility index (Phi) is 3.84. The molecule has 19 heavy (non-hydrogen) atoms. The standard InChI is InChI=1S/C12H11FN2O3S/c1-15-11(18)9(6-10(16)17)19-12(15)14-8-4-2-3-7(13)5-8/h2-5,9H,6H2,1H3,(H,16,17)/t9-/m0/s1. The highest BCUT2D eigenvalue weighted by Gasteiger charge is 2.36. The number of halogens is 1. The predicted octanol–water partition coefficient (Wildman–Crippen LogP) is 1.86. The average Bonchev–Trinajstić information content (AvgIpc) is 2.57. The van der Waals surface area contributed by atoms with Gasteiger partial charge in [0, 0.05) is 7.05 Å². The molecule has 1 fully saturated rings. The summed E-state index contributed by atoms with van der Waals surface area (Å²) < 4.78 is 13.0. The molecule has 0 unspecified atom stereocenters. The summed E-state index contributed by atoms with van der Waals surface area (Å²) in [4.78, 5) is 27.9. The lowest BCUT2D eigenvalue weighted by Crippen LogP contribution is -2.28. The molecule has 5 nitrogen and oxygen atoms in total. The monoisotopic (exact) mass is 282 g/mol. The molecule has 0 saturated carbocycles. The molecular formula is C12H11FN2O3S. The second-order valence-electron chi connectivity index (χ2n) is 3.98. The van der Waals surface area contributed by atoms with Gasteiger partial charge >= 0.3 is 5.97 Å². The molecule has 0 aliphatic carbocycles. The van der Waals surface area contributed by atoms with Crippen LogP contribution in [0.3, 0.4) is 0 Å². The van der Waals surface area contributed by atoms with E-state index in [-0.39, 0.29) is 12.3 Å². The minimum Gasteiger partial charge on any atom is -0.481 e. The van der Waals surface area contributed by atoms with Crippen molar-refractivity contribution in [2.75, 3.05) is 7.05 Å². The van der Waals surface area contributed by atoms with Gasteiger partial charge in [0.05, 0.1) is 12.1 Å². The summed E-state index contributed by atoms with van der Waals surface area (Å²) in [5.41, 5.74) is 0.387. The van der Waals surface area contributed by atoms with Gasteiger partial charge in [-0.05, 0) is 18.2 Å². The van der Waals surface area contributed by atoms with Crippen LogP contribution in [0.15, 0.2) is 29.3 Å². The molecule has 0 spiro atoms. The first-order chi connectivity index (χ1) is 8.97. The fourth-order valence-corrected chi connectivity index (χ4v) is 2.76. The zero-order valence-corrected chi connectivity index (χ0v) is 10.9. The zero-order chi connectivity index (χ0) is 14.0. The molecule has 1 N–H and O–H groups in total. The maximum Gasteiger partial charge on any atom is 0.305 e. The highest BCUT2D eigenvalue weighted by Crippen LogP contribution is 2.30. The maximum atomic E-state index is 13.0. The number of carboxylic acid groups (broad SMARTS) is 1. The molecule has 1 aromatic carbocycles. The van der Waals surface area contributed by atoms with Crippen molar-refractivity contribution in [3.8, 4) is 0 Å². The van der Waals surface area contributed by atoms with Crippen LogP contribution in [-0.4, -0.2) is 39.3 Å². The third kappa shape index (κ3) is 3.11. The van der Waals surface area contributed by atoms with Crippen LogP contribution in [0.5, 0.6) is 0 Å². The SMILES string of the molecule is CN1C(=O)[C@H](CC(=O)O)SC1=Nc1cccc(F)c1. The quantitative estimate of drug-likeness (QED) is 0.918. The van der Waals surface area contributed by atoms with Crippen molar-refractivity contribution in [1.82, 2.24) is 4.90 Å². The summed E-state index contributed by atoms with van der Waals surface area (Å²) >= 11 is 1.08. The van der Waals surface area contributed by atoms with E-state index >= 15 is 0 Å². The Morgan fingerprint density at radius 1 is 1.58 bits per heavy atom. The third-order valence-electron chi connectivity index (χ3n) is 2.53. The Balaban J connectivity index is 2.22. The number of hydrogen-bond donors (Lipinski definition) is 1. The Morgan fingerprint density at radius 3 is 2.95 bits per heavy atom. The summed E-state index contributed by atoms with van der Waals surface area (Å²) in [6, 6.07) is 5.67. The van der Waals surface area contributed by atoms with E-state index in [1.165, 1.54) is 30.1 Å². The van der Waals surface area contributed by atoms with E-state index in [0.29, 0.717) is 10.9 Å². The van der Waals surface area contributed by atoms with Crippen LogP contribution in [0.25, 0.3) is 0 Å². The molecule has 100 valence electrons. The first-order valence-corrected chi connectivity index (χ1v) is 6.35. The van der Waals surface area contributed by atoms with Crippen LogP contribution in [0.1, 0.15) is 6.42 Å². The molecule has 1 atom stereocenters. The number of carbonyl (C=O) groups is 2. The van der Waals surface area contributed by atoms with Crippen LogP contribution in [0, 0.1) is 5.82 Å². The smallest absolute Gasteiger partial charge is 0.305 e. The Hall–Kier alpha value is -1.89. The summed E-state index contributed by atoms with van der Waals surface area (Å²) in [6.07, 6.45) is -0.254. The number of nitrogens with zero attached hydrogens (tertiary/aromatic N) is 2. The van der Waals surface area contributed by atoms with Gasteiger partial charge in [-0.1, -0.05) is 17.8 Å². The van der Waals surface area contributed by atoms with Gasteiger partial charge < -0.3 is 5.11 Å². The molecule has 0 radical (unpaired) electrons. The molecule has 1 aliphatic heterocycles. The zero-order valence-electron chi connectivity index (χ0n) is 10.0. The molecule has 1 saturated heterocycles. The highest BCUT2D eigenvalue weighted by atomic mass is 32.2. The lowest BCUT2D eigenvalue weighted by molar-refractivity contribution is -0.139. The number of amidine groups is 1. The predicted molar refractivity (Wildman–Crippen MR) is 69.9 cm³/mol. The number of thioether (sulfide) groups is 1. The molecular weight excluding hydrogens is 271 g/mol. The first kappa shape index (κ1) is 13.5. The molecule has 2 rings (SSSR count). The third-order valence-corrected chi connectivity index (χ3v) is 3.76. The van der Waals surface area contributed by atoms with E-state index < -0.39 is 17.0 Å². The number of hydrogen-bond acceptors (Lipinski definition) is 4. The molecule has 0 bridgehead atoms. The van der Waals surface area contributed by atoms with Crippen molar-refractivity contribution >= 4 is 34.5 Å². The van der Waals surface area contributed by atoms with E-state index in [1.54, 1.807) is 6.07 Å². The Morgan fingerprint density at radius 2 is 2.32 bits per heavy atom. The lowest BCUT2D eigenvalue weighted by Gasteiger charge is -2.08. The van der Waals surface area contributed by atoms with E-state index in [0.717, 1.165) is 11.8 Å². The van der Waals surface area contributed by atoms with Gasteiger partial charge in [-0.3, -0.25) is 14.5 Å². The fourth-order valence-electron chi connectivity index (χ4n) is 1.61. The van der Waals surface area contributed by atoms with E-state index in [4.69, 9.17) is 5.11 Å². The second kappa shape index (κ2) is 5.40. The van der Waals surface area contributed by atoms with Gasteiger partial charge in [0.15, 0.2) is 5.17 Å². The van der Waals surface area contributed by atoms with Crippen molar-refractivity contribution in [2.24, 2.45) is 4.99 Å². The first-order valence-electron chi connectivity index (χ1n) is 5.47. The second-order valence-corrected chi connectivity index (χ2v) is 5.15. The normalized spacial score (nSPS) is 21.2. The minimum absolute atomic E-state index is 0.254. The summed E-state index contributed by atoms with van der Waals surface area (Å²) in [5, 5.41) is 8.42. The minimum atomic E-state index is -1.04. The maximum absolute atomic E-state index is 13.0. The number of carbonyl (C=O) groups excluding carboxylic acids is 1. The fraction of sp³-hybridized carbons (Fsp3) is 0.250. The van der Waals surface area contributed by atoms with Crippen LogP contribution < -0.4 is 0 Å². The molecule has 1 aliphatic rings. The number of benzene rings is 1. The van der Waals surface area contributed by atoms with Crippen molar-refractivity contribution in [2.45, 2.75) is 11.7 Å². The highest BCUT2D eigenvalue weighted by molar-refractivity contribution is 8.15. The number of amides is 1. The van der Waals surface area contributed by atoms with Crippen LogP contribution in [0.4, 0.5) is 10.1 Å². The van der Waals surface area contributed by atoms with Crippen molar-refractivity contribution in [3.63, 3.8) is 0 Å². The molecule has 1 heterocycles. The lowest BCUT2D eigenvalue weighted by atomic mass is 10.3. The summed E-state index contributed by atoms with van der Waals surface area (Å²) in [5.74, 6) is -1.75. The van der Waals surface area contributed by atoms with E-state index in [2.05, 4.69) is 4.99 Å². The van der Waals surface area contributed by atoms with Crippen LogP contribution >= 0.6 is 11.8 Å². The Labute approximate surface area is 113 Å². The van der Waals surface area contributed by atoms with Crippen molar-refractivity contribution in [1.29, 1.82) is 0 Å². The summed E-state index contributed by atoms with van der Waals surface area (Å²) in [7, 11) is 1.52. The van der Waals surface area contributed by atoms with E-state index in [9.17, 15) is 14.0 Å². The molecule has 0 aromatic heterocycles. The largest absolute Gasteiger partial charge is 0.481 e. The van der Waals surface area contributed by atoms with Gasteiger partial charge in [0.25, 0.3) is 0 Å². The number of rotatable bonds is 3. The Bertz CT molecular complexity index is 562. The number of carboxylic acids is 1. The topological polar surface area (TPSA) is 70.0 Å². The van der Waals surface area contributed by atoms with Crippen LogP contribution in [0.2, 0.25) is 0 Å². The van der Waals surface area contributed by atoms with Gasteiger partial charge in [0.1, 0.15) is 11.1 Å². The number of aliphatic imine (C=N–C) groups is 1. The van der Waals surface area contributed by atoms with Gasteiger partial charge in [-0.15, -0.1) is 0 Å².